The van der Waals surface area contributed by atoms with Crippen molar-refractivity contribution >= 4 is 12.0 Å². The van der Waals surface area contributed by atoms with Gasteiger partial charge in [0.2, 0.25) is 0 Å². The molecule has 0 aliphatic carbocycles. The fraction of sp³-hybridized carbons (Fsp3) is 0.222. The van der Waals surface area contributed by atoms with Crippen LogP contribution in [0.3, 0.4) is 0 Å². The van der Waals surface area contributed by atoms with Crippen molar-refractivity contribution in [1.82, 2.24) is 0 Å². The highest BCUT2D eigenvalue weighted by Gasteiger charge is 2.13. The van der Waals surface area contributed by atoms with Gasteiger partial charge >= 0.3 is 0 Å². The molecule has 0 radical (unpaired) electrons. The maximum atomic E-state index is 10.7. The van der Waals surface area contributed by atoms with Crippen LogP contribution in [-0.4, -0.2) is 18.9 Å². The maximum Gasteiger partial charge on any atom is 0.150 e. The third-order valence-corrected chi connectivity index (χ3v) is 3.50. The summed E-state index contributed by atoms with van der Waals surface area (Å²) >= 11 is 0. The van der Waals surface area contributed by atoms with E-state index in [1.165, 1.54) is 5.56 Å². The van der Waals surface area contributed by atoms with Crippen molar-refractivity contribution in [2.75, 3.05) is 11.4 Å². The second-order valence-corrected chi connectivity index (χ2v) is 4.94. The molecular weight excluding hydrogens is 260 g/mol. The van der Waals surface area contributed by atoms with Crippen molar-refractivity contribution < 1.29 is 4.79 Å². The molecule has 3 heteroatoms. The molecule has 21 heavy (non-hydrogen) atoms. The topological polar surface area (TPSA) is 44.1 Å². The predicted octanol–water partition coefficient (Wildman–Crippen LogP) is 3.46. The Morgan fingerprint density at radius 3 is 2.38 bits per heavy atom. The molecule has 0 amide bonds. The quantitative estimate of drug-likeness (QED) is 0.760. The fourth-order valence-corrected chi connectivity index (χ4v) is 2.25. The molecule has 0 heterocycles. The van der Waals surface area contributed by atoms with Crippen LogP contribution in [0.15, 0.2) is 54.6 Å². The molecule has 2 rings (SSSR count). The molecule has 0 spiro atoms. The van der Waals surface area contributed by atoms with Crippen LogP contribution in [0, 0.1) is 11.3 Å². The summed E-state index contributed by atoms with van der Waals surface area (Å²) in [6.07, 6.45) is 1.70. The molecular formula is C18H18N2O. The Kier molecular flexibility index (Phi) is 5.11. The minimum atomic E-state index is -0.212. The number of aldehydes is 1. The van der Waals surface area contributed by atoms with Gasteiger partial charge in [0.05, 0.1) is 6.07 Å². The van der Waals surface area contributed by atoms with Gasteiger partial charge in [0.25, 0.3) is 0 Å². The summed E-state index contributed by atoms with van der Waals surface area (Å²) in [5.74, 6) is 0. The molecule has 2 aromatic rings. The van der Waals surface area contributed by atoms with E-state index in [4.69, 9.17) is 0 Å². The zero-order valence-electron chi connectivity index (χ0n) is 12.1. The van der Waals surface area contributed by atoms with Gasteiger partial charge in [-0.05, 0) is 43.2 Å². The minimum Gasteiger partial charge on any atom is -0.356 e. The number of rotatable bonds is 6. The van der Waals surface area contributed by atoms with Crippen LogP contribution in [0.4, 0.5) is 5.69 Å². The smallest absolute Gasteiger partial charge is 0.150 e. The van der Waals surface area contributed by atoms with Gasteiger partial charge in [-0.25, -0.2) is 0 Å². The second kappa shape index (κ2) is 7.25. The SMILES string of the molecule is CC(C#N)N(CCc1ccccc1)c1ccc(C=O)cc1. The minimum absolute atomic E-state index is 0.212. The number of hydrogen-bond donors (Lipinski definition) is 0. The van der Waals surface area contributed by atoms with E-state index >= 15 is 0 Å². The van der Waals surface area contributed by atoms with E-state index in [0.717, 1.165) is 24.9 Å². The Bertz CT molecular complexity index is 614. The molecule has 0 saturated carbocycles. The predicted molar refractivity (Wildman–Crippen MR) is 84.4 cm³/mol. The van der Waals surface area contributed by atoms with Gasteiger partial charge in [-0.15, -0.1) is 0 Å². The molecule has 0 aliphatic rings. The Hall–Kier alpha value is -2.60. The Labute approximate surface area is 125 Å². The number of carbonyl (C=O) groups is 1. The molecule has 3 nitrogen and oxygen atoms in total. The highest BCUT2D eigenvalue weighted by Crippen LogP contribution is 2.18. The van der Waals surface area contributed by atoms with Crippen molar-refractivity contribution in [3.8, 4) is 6.07 Å². The van der Waals surface area contributed by atoms with Crippen LogP contribution in [0.25, 0.3) is 0 Å². The zero-order chi connectivity index (χ0) is 15.1. The first-order valence-corrected chi connectivity index (χ1v) is 7.00. The first-order valence-electron chi connectivity index (χ1n) is 7.00. The molecule has 0 saturated heterocycles. The summed E-state index contributed by atoms with van der Waals surface area (Å²) in [4.78, 5) is 12.8. The van der Waals surface area contributed by atoms with Gasteiger partial charge < -0.3 is 4.90 Å². The molecule has 0 N–H and O–H groups in total. The lowest BCUT2D eigenvalue weighted by molar-refractivity contribution is 0.112. The summed E-state index contributed by atoms with van der Waals surface area (Å²) in [5, 5.41) is 9.22. The van der Waals surface area contributed by atoms with Crippen molar-refractivity contribution in [2.45, 2.75) is 19.4 Å². The van der Waals surface area contributed by atoms with Crippen molar-refractivity contribution in [3.05, 3.63) is 65.7 Å². The summed E-state index contributed by atoms with van der Waals surface area (Å²) in [5.41, 5.74) is 2.86. The summed E-state index contributed by atoms with van der Waals surface area (Å²) in [6.45, 7) is 2.65. The highest BCUT2D eigenvalue weighted by molar-refractivity contribution is 5.75. The molecule has 0 aliphatic heterocycles. The van der Waals surface area contributed by atoms with Crippen LogP contribution >= 0.6 is 0 Å². The van der Waals surface area contributed by atoms with Gasteiger partial charge in [-0.3, -0.25) is 4.79 Å². The lowest BCUT2D eigenvalue weighted by atomic mass is 10.1. The maximum absolute atomic E-state index is 10.7. The highest BCUT2D eigenvalue weighted by atomic mass is 16.1. The van der Waals surface area contributed by atoms with E-state index < -0.39 is 0 Å². The number of nitriles is 1. The Morgan fingerprint density at radius 1 is 1.14 bits per heavy atom. The zero-order valence-corrected chi connectivity index (χ0v) is 12.1. The Balaban J connectivity index is 2.14. The van der Waals surface area contributed by atoms with Crippen LogP contribution in [-0.2, 0) is 6.42 Å². The van der Waals surface area contributed by atoms with E-state index in [1.54, 1.807) is 12.1 Å². The number of anilines is 1. The third-order valence-electron chi connectivity index (χ3n) is 3.50. The Morgan fingerprint density at radius 2 is 1.81 bits per heavy atom. The van der Waals surface area contributed by atoms with Crippen molar-refractivity contribution in [3.63, 3.8) is 0 Å². The van der Waals surface area contributed by atoms with E-state index in [1.807, 2.05) is 37.3 Å². The average molecular weight is 278 g/mol. The van der Waals surface area contributed by atoms with Gasteiger partial charge in [0.15, 0.2) is 0 Å². The van der Waals surface area contributed by atoms with E-state index in [0.29, 0.717) is 5.56 Å². The monoisotopic (exact) mass is 278 g/mol. The first-order chi connectivity index (χ1) is 10.2. The number of hydrogen-bond acceptors (Lipinski definition) is 3. The molecule has 1 atom stereocenters. The normalized spacial score (nSPS) is 11.4. The van der Waals surface area contributed by atoms with Gasteiger partial charge in [0, 0.05) is 17.8 Å². The van der Waals surface area contributed by atoms with E-state index in [-0.39, 0.29) is 6.04 Å². The summed E-state index contributed by atoms with van der Waals surface area (Å²) < 4.78 is 0. The van der Waals surface area contributed by atoms with Crippen molar-refractivity contribution in [1.29, 1.82) is 5.26 Å². The lowest BCUT2D eigenvalue weighted by Crippen LogP contribution is -2.33. The molecule has 106 valence electrons. The second-order valence-electron chi connectivity index (χ2n) is 4.94. The number of carbonyl (C=O) groups excluding carboxylic acids is 1. The van der Waals surface area contributed by atoms with E-state index in [2.05, 4.69) is 23.1 Å². The van der Waals surface area contributed by atoms with E-state index in [9.17, 15) is 10.1 Å². The molecule has 0 bridgehead atoms. The summed E-state index contributed by atoms with van der Waals surface area (Å²) in [7, 11) is 0. The molecule has 1 unspecified atom stereocenters. The molecule has 2 aromatic carbocycles. The molecule has 0 fully saturated rings. The van der Waals surface area contributed by atoms with Crippen LogP contribution in [0.1, 0.15) is 22.8 Å². The van der Waals surface area contributed by atoms with Crippen molar-refractivity contribution in [2.24, 2.45) is 0 Å². The third kappa shape index (κ3) is 3.93. The van der Waals surface area contributed by atoms with Crippen LogP contribution in [0.5, 0.6) is 0 Å². The number of benzene rings is 2. The van der Waals surface area contributed by atoms with Gasteiger partial charge in [-0.2, -0.15) is 5.26 Å². The average Bonchev–Trinajstić information content (AvgIpc) is 2.56. The van der Waals surface area contributed by atoms with Gasteiger partial charge in [0.1, 0.15) is 12.3 Å². The van der Waals surface area contributed by atoms with Gasteiger partial charge in [-0.1, -0.05) is 30.3 Å². The first kappa shape index (κ1) is 14.8. The van der Waals surface area contributed by atoms with Crippen LogP contribution < -0.4 is 4.90 Å². The number of nitrogens with zero attached hydrogens (tertiary/aromatic N) is 2. The largest absolute Gasteiger partial charge is 0.356 e. The molecule has 0 aromatic heterocycles. The van der Waals surface area contributed by atoms with Crippen LogP contribution in [0.2, 0.25) is 0 Å². The standard InChI is InChI=1S/C18H18N2O/c1-15(13-19)20(12-11-16-5-3-2-4-6-16)18-9-7-17(14-21)8-10-18/h2-10,14-15H,11-12H2,1H3. The lowest BCUT2D eigenvalue weighted by Gasteiger charge is -2.27. The fourth-order valence-electron chi connectivity index (χ4n) is 2.25. The summed E-state index contributed by atoms with van der Waals surface area (Å²) in [6, 6.07) is 19.6.